The van der Waals surface area contributed by atoms with Gasteiger partial charge in [-0.2, -0.15) is 0 Å². The SMILES string of the molecule is O=C1CSc2ccc(CNC3CCC(C(=O)c4nc5cccnc5s4)CC3)cc2N1. The Labute approximate surface area is 182 Å². The summed E-state index contributed by atoms with van der Waals surface area (Å²) < 4.78 is 0. The number of ketones is 1. The van der Waals surface area contributed by atoms with Gasteiger partial charge in [-0.05, 0) is 55.5 Å². The number of benzene rings is 1. The van der Waals surface area contributed by atoms with Gasteiger partial charge in [-0.15, -0.1) is 11.8 Å². The van der Waals surface area contributed by atoms with Gasteiger partial charge in [0.1, 0.15) is 10.3 Å². The van der Waals surface area contributed by atoms with Crippen molar-refractivity contribution in [2.24, 2.45) is 5.92 Å². The first-order chi connectivity index (χ1) is 14.7. The molecule has 2 aromatic heterocycles. The van der Waals surface area contributed by atoms with Crippen molar-refractivity contribution in [1.29, 1.82) is 0 Å². The van der Waals surface area contributed by atoms with Crippen molar-refractivity contribution >= 4 is 50.8 Å². The topological polar surface area (TPSA) is 84.0 Å². The van der Waals surface area contributed by atoms with Crippen LogP contribution in [-0.2, 0) is 11.3 Å². The zero-order valence-electron chi connectivity index (χ0n) is 16.4. The van der Waals surface area contributed by atoms with Crippen LogP contribution in [0.2, 0.25) is 0 Å². The molecule has 1 aromatic carbocycles. The summed E-state index contributed by atoms with van der Waals surface area (Å²) in [5.74, 6) is 0.767. The highest BCUT2D eigenvalue weighted by atomic mass is 32.2. The monoisotopic (exact) mass is 438 g/mol. The predicted molar refractivity (Wildman–Crippen MR) is 120 cm³/mol. The van der Waals surface area contributed by atoms with Crippen molar-refractivity contribution in [3.8, 4) is 0 Å². The molecule has 2 aliphatic rings. The number of anilines is 1. The summed E-state index contributed by atoms with van der Waals surface area (Å²) in [7, 11) is 0. The molecule has 1 fully saturated rings. The van der Waals surface area contributed by atoms with E-state index >= 15 is 0 Å². The Hall–Kier alpha value is -2.29. The molecule has 0 atom stereocenters. The van der Waals surface area contributed by atoms with E-state index in [1.54, 1.807) is 18.0 Å². The Morgan fingerprint density at radius 1 is 1.20 bits per heavy atom. The van der Waals surface area contributed by atoms with E-state index < -0.39 is 0 Å². The molecule has 1 saturated carbocycles. The molecular formula is C22H22N4O2S2. The van der Waals surface area contributed by atoms with E-state index in [1.807, 2.05) is 12.1 Å². The maximum Gasteiger partial charge on any atom is 0.234 e. The summed E-state index contributed by atoms with van der Waals surface area (Å²) in [5, 5.41) is 7.16. The van der Waals surface area contributed by atoms with E-state index in [-0.39, 0.29) is 17.6 Å². The third-order valence-corrected chi connectivity index (χ3v) is 7.81. The maximum atomic E-state index is 12.9. The quantitative estimate of drug-likeness (QED) is 0.579. The Balaban J connectivity index is 1.15. The van der Waals surface area contributed by atoms with Gasteiger partial charge in [-0.1, -0.05) is 17.4 Å². The van der Waals surface area contributed by atoms with Gasteiger partial charge in [0.05, 0.1) is 11.4 Å². The zero-order valence-corrected chi connectivity index (χ0v) is 18.0. The van der Waals surface area contributed by atoms with Crippen LogP contribution in [0.25, 0.3) is 10.3 Å². The number of nitrogens with one attached hydrogen (secondary N) is 2. The highest BCUT2D eigenvalue weighted by molar-refractivity contribution is 8.00. The first kappa shape index (κ1) is 19.7. The van der Waals surface area contributed by atoms with Crippen molar-refractivity contribution in [3.63, 3.8) is 0 Å². The van der Waals surface area contributed by atoms with E-state index in [0.29, 0.717) is 16.8 Å². The lowest BCUT2D eigenvalue weighted by atomic mass is 9.83. The summed E-state index contributed by atoms with van der Waals surface area (Å²) in [6.07, 6.45) is 5.47. The standard InChI is InChI=1S/C22H22N4O2S2/c27-19-12-29-18-8-3-13(10-17(18)25-19)11-24-15-6-4-14(5-7-15)20(28)22-26-16-2-1-9-23-21(16)30-22/h1-3,8-10,14-15,24H,4-7,11-12H2,(H,25,27). The highest BCUT2D eigenvalue weighted by Crippen LogP contribution is 2.33. The number of amides is 1. The molecule has 8 heteroatoms. The molecule has 0 radical (unpaired) electrons. The molecule has 0 unspecified atom stereocenters. The molecule has 1 aliphatic carbocycles. The van der Waals surface area contributed by atoms with Gasteiger partial charge in [0, 0.05) is 29.6 Å². The average molecular weight is 439 g/mol. The molecule has 154 valence electrons. The molecule has 6 nitrogen and oxygen atoms in total. The Morgan fingerprint density at radius 3 is 2.90 bits per heavy atom. The molecular weight excluding hydrogens is 416 g/mol. The fourth-order valence-corrected chi connectivity index (χ4v) is 5.83. The molecule has 0 spiro atoms. The van der Waals surface area contributed by atoms with Crippen molar-refractivity contribution < 1.29 is 9.59 Å². The molecule has 0 bridgehead atoms. The minimum atomic E-state index is 0.0552. The van der Waals surface area contributed by atoms with Gasteiger partial charge in [-0.25, -0.2) is 9.97 Å². The number of fused-ring (bicyclic) bond motifs is 2. The van der Waals surface area contributed by atoms with Crippen LogP contribution in [0, 0.1) is 5.92 Å². The van der Waals surface area contributed by atoms with Gasteiger partial charge in [0.25, 0.3) is 0 Å². The van der Waals surface area contributed by atoms with Crippen molar-refractivity contribution in [2.45, 2.75) is 43.2 Å². The summed E-state index contributed by atoms with van der Waals surface area (Å²) in [6.45, 7) is 0.765. The molecule has 3 aromatic rings. The first-order valence-electron chi connectivity index (χ1n) is 10.2. The number of carbonyl (C=O) groups is 2. The van der Waals surface area contributed by atoms with E-state index in [4.69, 9.17) is 0 Å². The van der Waals surface area contributed by atoms with Crippen molar-refractivity contribution in [3.05, 3.63) is 47.1 Å². The van der Waals surface area contributed by atoms with Gasteiger partial charge in [-0.3, -0.25) is 9.59 Å². The minimum absolute atomic E-state index is 0.0552. The molecule has 2 N–H and O–H groups in total. The number of hydrogen-bond acceptors (Lipinski definition) is 7. The normalized spacial score (nSPS) is 21.3. The third-order valence-electron chi connectivity index (χ3n) is 5.75. The first-order valence-corrected chi connectivity index (χ1v) is 12.0. The van der Waals surface area contributed by atoms with E-state index in [0.717, 1.165) is 58.7 Å². The summed E-state index contributed by atoms with van der Waals surface area (Å²) in [4.78, 5) is 35.2. The molecule has 30 heavy (non-hydrogen) atoms. The van der Waals surface area contributed by atoms with Crippen LogP contribution < -0.4 is 10.6 Å². The molecule has 5 rings (SSSR count). The average Bonchev–Trinajstić information content (AvgIpc) is 3.21. The zero-order chi connectivity index (χ0) is 20.5. The van der Waals surface area contributed by atoms with Crippen LogP contribution >= 0.6 is 23.1 Å². The number of thiazole rings is 1. The fourth-order valence-electron chi connectivity index (χ4n) is 4.11. The second kappa shape index (κ2) is 8.45. The van der Waals surface area contributed by atoms with Gasteiger partial charge < -0.3 is 10.6 Å². The van der Waals surface area contributed by atoms with Gasteiger partial charge in [0.2, 0.25) is 5.91 Å². The Kier molecular flexibility index (Phi) is 5.54. The molecule has 3 heterocycles. The number of carbonyl (C=O) groups excluding carboxylic acids is 2. The second-order valence-electron chi connectivity index (χ2n) is 7.81. The lowest BCUT2D eigenvalue weighted by Crippen LogP contribution is -2.34. The summed E-state index contributed by atoms with van der Waals surface area (Å²) in [5.41, 5.74) is 2.88. The maximum absolute atomic E-state index is 12.9. The number of nitrogens with zero attached hydrogens (tertiary/aromatic N) is 2. The fraction of sp³-hybridized carbons (Fsp3) is 0.364. The van der Waals surface area contributed by atoms with Gasteiger partial charge >= 0.3 is 0 Å². The van der Waals surface area contributed by atoms with Crippen LogP contribution in [0.4, 0.5) is 5.69 Å². The lowest BCUT2D eigenvalue weighted by Gasteiger charge is -2.28. The Morgan fingerprint density at radius 2 is 2.07 bits per heavy atom. The van der Waals surface area contributed by atoms with Crippen LogP contribution in [0.1, 0.15) is 41.0 Å². The van der Waals surface area contributed by atoms with Crippen LogP contribution in [0.15, 0.2) is 41.4 Å². The van der Waals surface area contributed by atoms with Gasteiger partial charge in [0.15, 0.2) is 10.8 Å². The number of thioether (sulfide) groups is 1. The molecule has 0 saturated heterocycles. The smallest absolute Gasteiger partial charge is 0.234 e. The van der Waals surface area contributed by atoms with Crippen LogP contribution in [0.3, 0.4) is 0 Å². The number of rotatable bonds is 5. The van der Waals surface area contributed by atoms with Crippen molar-refractivity contribution in [2.75, 3.05) is 11.1 Å². The van der Waals surface area contributed by atoms with E-state index in [2.05, 4.69) is 38.8 Å². The van der Waals surface area contributed by atoms with Crippen molar-refractivity contribution in [1.82, 2.24) is 15.3 Å². The number of pyridine rings is 1. The van der Waals surface area contributed by atoms with E-state index in [1.165, 1.54) is 11.3 Å². The van der Waals surface area contributed by atoms with E-state index in [9.17, 15) is 9.59 Å². The minimum Gasteiger partial charge on any atom is -0.324 e. The second-order valence-corrected chi connectivity index (χ2v) is 9.80. The number of aromatic nitrogens is 2. The lowest BCUT2D eigenvalue weighted by molar-refractivity contribution is -0.113. The number of Topliss-reactive ketones (excluding diaryl/α,β-unsaturated/α-hetero) is 1. The highest BCUT2D eigenvalue weighted by Gasteiger charge is 2.29. The van der Waals surface area contributed by atoms with Crippen LogP contribution in [-0.4, -0.2) is 33.5 Å². The number of hydrogen-bond donors (Lipinski definition) is 2. The largest absolute Gasteiger partial charge is 0.324 e. The van der Waals surface area contributed by atoms with Crippen LogP contribution in [0.5, 0.6) is 0 Å². The molecule has 1 amide bonds. The summed E-state index contributed by atoms with van der Waals surface area (Å²) in [6, 6.07) is 10.4. The summed E-state index contributed by atoms with van der Waals surface area (Å²) >= 11 is 2.98. The Bertz CT molecular complexity index is 1070. The third kappa shape index (κ3) is 4.12. The predicted octanol–water partition coefficient (Wildman–Crippen LogP) is 4.27. The molecule has 1 aliphatic heterocycles.